The Morgan fingerprint density at radius 3 is 2.11 bits per heavy atom. The molecule has 0 radical (unpaired) electrons. The van der Waals surface area contributed by atoms with Gasteiger partial charge in [0.25, 0.3) is 0 Å². The summed E-state index contributed by atoms with van der Waals surface area (Å²) >= 11 is 0. The summed E-state index contributed by atoms with van der Waals surface area (Å²) in [5, 5.41) is 0. The molecule has 0 aliphatic carbocycles. The Morgan fingerprint density at radius 2 is 1.67 bits per heavy atom. The van der Waals surface area contributed by atoms with E-state index < -0.39 is 0 Å². The molecule has 0 fully saturated rings. The number of Topliss-reactive ketones (excluding diaryl/α,β-unsaturated/α-hetero) is 1. The van der Waals surface area contributed by atoms with Gasteiger partial charge in [-0.2, -0.15) is 0 Å². The van der Waals surface area contributed by atoms with E-state index in [0.29, 0.717) is 24.5 Å². The third kappa shape index (κ3) is 9.15. The van der Waals surface area contributed by atoms with E-state index in [9.17, 15) is 9.59 Å². The first-order chi connectivity index (χ1) is 8.11. The SMILES string of the molecule is CC(C/C=C/C(=O)C(C)C)CC(=O)CC(C)(C)C. The molecule has 0 aliphatic heterocycles. The van der Waals surface area contributed by atoms with E-state index in [1.54, 1.807) is 6.08 Å². The van der Waals surface area contributed by atoms with Crippen LogP contribution in [0.5, 0.6) is 0 Å². The van der Waals surface area contributed by atoms with Crippen LogP contribution in [0.3, 0.4) is 0 Å². The van der Waals surface area contributed by atoms with Crippen molar-refractivity contribution in [1.82, 2.24) is 0 Å². The minimum atomic E-state index is 0.0547. The molecular formula is C16H28O2. The van der Waals surface area contributed by atoms with Crippen LogP contribution >= 0.6 is 0 Å². The smallest absolute Gasteiger partial charge is 0.157 e. The second-order valence-electron chi connectivity index (χ2n) is 6.78. The van der Waals surface area contributed by atoms with Crippen molar-refractivity contribution in [3.8, 4) is 0 Å². The van der Waals surface area contributed by atoms with Crippen LogP contribution in [0.4, 0.5) is 0 Å². The van der Waals surface area contributed by atoms with Gasteiger partial charge in [0.15, 0.2) is 5.78 Å². The molecule has 2 nitrogen and oxygen atoms in total. The number of rotatable bonds is 7. The van der Waals surface area contributed by atoms with Crippen LogP contribution in [-0.4, -0.2) is 11.6 Å². The van der Waals surface area contributed by atoms with Gasteiger partial charge in [-0.15, -0.1) is 0 Å². The largest absolute Gasteiger partial charge is 0.300 e. The molecule has 0 N–H and O–H groups in total. The van der Waals surface area contributed by atoms with Gasteiger partial charge in [-0.3, -0.25) is 9.59 Å². The quantitative estimate of drug-likeness (QED) is 0.637. The molecule has 0 aliphatic rings. The van der Waals surface area contributed by atoms with E-state index >= 15 is 0 Å². The Balaban J connectivity index is 4.02. The van der Waals surface area contributed by atoms with Gasteiger partial charge in [-0.05, 0) is 23.8 Å². The molecule has 0 aromatic heterocycles. The Hall–Kier alpha value is -0.920. The molecule has 1 atom stereocenters. The Labute approximate surface area is 112 Å². The normalized spacial score (nSPS) is 14.2. The maximum absolute atomic E-state index is 11.8. The zero-order chi connectivity index (χ0) is 14.3. The first-order valence-electron chi connectivity index (χ1n) is 6.84. The molecule has 0 amide bonds. The number of ketones is 2. The summed E-state index contributed by atoms with van der Waals surface area (Å²) in [4.78, 5) is 23.2. The molecular weight excluding hydrogens is 224 g/mol. The van der Waals surface area contributed by atoms with Crippen LogP contribution in [0.15, 0.2) is 12.2 Å². The second-order valence-corrected chi connectivity index (χ2v) is 6.78. The van der Waals surface area contributed by atoms with Crippen LogP contribution in [0.1, 0.15) is 60.8 Å². The molecule has 0 rings (SSSR count). The molecule has 0 aromatic rings. The number of allylic oxidation sites excluding steroid dienone is 2. The summed E-state index contributed by atoms with van der Waals surface area (Å²) in [5.41, 5.74) is 0.0697. The highest BCUT2D eigenvalue weighted by atomic mass is 16.1. The fraction of sp³-hybridized carbons (Fsp3) is 0.750. The fourth-order valence-corrected chi connectivity index (χ4v) is 1.74. The molecule has 0 aromatic carbocycles. The maximum atomic E-state index is 11.8. The summed E-state index contributed by atoms with van der Waals surface area (Å²) in [7, 11) is 0. The van der Waals surface area contributed by atoms with Gasteiger partial charge in [0.1, 0.15) is 5.78 Å². The standard InChI is InChI=1S/C16H28O2/c1-12(2)15(18)9-7-8-13(3)10-14(17)11-16(4,5)6/h7,9,12-13H,8,10-11H2,1-6H3/b9-7+. The molecule has 18 heavy (non-hydrogen) atoms. The van der Waals surface area contributed by atoms with Crippen molar-refractivity contribution >= 4 is 11.6 Å². The first kappa shape index (κ1) is 17.1. The predicted molar refractivity (Wildman–Crippen MR) is 76.5 cm³/mol. The summed E-state index contributed by atoms with van der Waals surface area (Å²) < 4.78 is 0. The third-order valence-electron chi connectivity index (χ3n) is 2.69. The van der Waals surface area contributed by atoms with Gasteiger partial charge in [-0.25, -0.2) is 0 Å². The lowest BCUT2D eigenvalue weighted by molar-refractivity contribution is -0.121. The highest BCUT2D eigenvalue weighted by molar-refractivity contribution is 5.91. The topological polar surface area (TPSA) is 34.1 Å². The zero-order valence-electron chi connectivity index (χ0n) is 12.7. The fourth-order valence-electron chi connectivity index (χ4n) is 1.74. The highest BCUT2D eigenvalue weighted by Crippen LogP contribution is 2.21. The van der Waals surface area contributed by atoms with Crippen LogP contribution in [-0.2, 0) is 9.59 Å². The lowest BCUT2D eigenvalue weighted by Crippen LogP contribution is -2.15. The number of carbonyl (C=O) groups is 2. The van der Waals surface area contributed by atoms with Gasteiger partial charge >= 0.3 is 0 Å². The first-order valence-corrected chi connectivity index (χ1v) is 6.84. The van der Waals surface area contributed by atoms with Crippen molar-refractivity contribution < 1.29 is 9.59 Å². The van der Waals surface area contributed by atoms with Gasteiger partial charge in [-0.1, -0.05) is 47.6 Å². The van der Waals surface area contributed by atoms with Crippen molar-refractivity contribution in [3.05, 3.63) is 12.2 Å². The van der Waals surface area contributed by atoms with Crippen molar-refractivity contribution in [2.45, 2.75) is 60.8 Å². The monoisotopic (exact) mass is 252 g/mol. The van der Waals surface area contributed by atoms with E-state index in [2.05, 4.69) is 27.7 Å². The van der Waals surface area contributed by atoms with Crippen LogP contribution in [0, 0.1) is 17.3 Å². The molecule has 2 heteroatoms. The molecule has 0 heterocycles. The van der Waals surface area contributed by atoms with E-state index in [1.165, 1.54) is 0 Å². The second kappa shape index (κ2) is 7.50. The lowest BCUT2D eigenvalue weighted by atomic mass is 9.87. The molecule has 0 spiro atoms. The van der Waals surface area contributed by atoms with E-state index in [1.807, 2.05) is 19.9 Å². The lowest BCUT2D eigenvalue weighted by Gasteiger charge is -2.18. The Kier molecular flexibility index (Phi) is 7.12. The van der Waals surface area contributed by atoms with Crippen LogP contribution in [0.25, 0.3) is 0 Å². The summed E-state index contributed by atoms with van der Waals surface area (Å²) in [6.45, 7) is 12.1. The van der Waals surface area contributed by atoms with E-state index in [0.717, 1.165) is 6.42 Å². The van der Waals surface area contributed by atoms with E-state index in [4.69, 9.17) is 0 Å². The van der Waals surface area contributed by atoms with Gasteiger partial charge in [0, 0.05) is 18.8 Å². The van der Waals surface area contributed by atoms with Gasteiger partial charge in [0.05, 0.1) is 0 Å². The highest BCUT2D eigenvalue weighted by Gasteiger charge is 2.17. The summed E-state index contributed by atoms with van der Waals surface area (Å²) in [6, 6.07) is 0. The average molecular weight is 252 g/mol. The molecule has 0 saturated carbocycles. The van der Waals surface area contributed by atoms with Crippen LogP contribution in [0.2, 0.25) is 0 Å². The average Bonchev–Trinajstić information content (AvgIpc) is 2.13. The minimum absolute atomic E-state index is 0.0547. The maximum Gasteiger partial charge on any atom is 0.157 e. The Bertz CT molecular complexity index is 306. The minimum Gasteiger partial charge on any atom is -0.300 e. The number of hydrogen-bond donors (Lipinski definition) is 0. The molecule has 1 unspecified atom stereocenters. The summed E-state index contributed by atoms with van der Waals surface area (Å²) in [6.07, 6.45) is 5.59. The van der Waals surface area contributed by atoms with Crippen molar-refractivity contribution in [1.29, 1.82) is 0 Å². The molecule has 0 saturated heterocycles. The van der Waals surface area contributed by atoms with Crippen molar-refractivity contribution in [3.63, 3.8) is 0 Å². The zero-order valence-corrected chi connectivity index (χ0v) is 12.7. The van der Waals surface area contributed by atoms with Crippen molar-refractivity contribution in [2.24, 2.45) is 17.3 Å². The van der Waals surface area contributed by atoms with Gasteiger partial charge in [0.2, 0.25) is 0 Å². The molecule has 0 bridgehead atoms. The predicted octanol–water partition coefficient (Wildman–Crippen LogP) is 4.19. The Morgan fingerprint density at radius 1 is 1.11 bits per heavy atom. The van der Waals surface area contributed by atoms with Gasteiger partial charge < -0.3 is 0 Å². The van der Waals surface area contributed by atoms with Crippen molar-refractivity contribution in [2.75, 3.05) is 0 Å². The third-order valence-corrected chi connectivity index (χ3v) is 2.69. The molecule has 104 valence electrons. The number of hydrogen-bond acceptors (Lipinski definition) is 2. The summed E-state index contributed by atoms with van der Waals surface area (Å²) in [5.74, 6) is 0.844. The van der Waals surface area contributed by atoms with Crippen LogP contribution < -0.4 is 0 Å². The number of carbonyl (C=O) groups excluding carboxylic acids is 2. The van der Waals surface area contributed by atoms with E-state index in [-0.39, 0.29) is 17.1 Å².